The van der Waals surface area contributed by atoms with Crippen LogP contribution in [0.15, 0.2) is 29.6 Å². The second kappa shape index (κ2) is 5.17. The lowest BCUT2D eigenvalue weighted by Crippen LogP contribution is -2.18. The van der Waals surface area contributed by atoms with Crippen molar-refractivity contribution in [2.45, 2.75) is 13.0 Å². The molecular formula is C13H13ClFNS. The average molecular weight is 270 g/mol. The minimum atomic E-state index is -0.376. The SMILES string of the molecule is CNC(c1cccc(F)c1Cl)c1sccc1C. The molecule has 1 aromatic heterocycles. The lowest BCUT2D eigenvalue weighted by Gasteiger charge is -2.18. The van der Waals surface area contributed by atoms with Crippen molar-refractivity contribution in [2.75, 3.05) is 7.05 Å². The topological polar surface area (TPSA) is 12.0 Å². The molecule has 0 saturated carbocycles. The van der Waals surface area contributed by atoms with Crippen LogP contribution in [0.2, 0.25) is 5.02 Å². The van der Waals surface area contributed by atoms with Crippen LogP contribution in [0.3, 0.4) is 0 Å². The Morgan fingerprint density at radius 3 is 2.71 bits per heavy atom. The van der Waals surface area contributed by atoms with Gasteiger partial charge in [-0.2, -0.15) is 0 Å². The van der Waals surface area contributed by atoms with Crippen molar-refractivity contribution in [3.05, 3.63) is 56.5 Å². The van der Waals surface area contributed by atoms with Crippen molar-refractivity contribution in [2.24, 2.45) is 0 Å². The summed E-state index contributed by atoms with van der Waals surface area (Å²) in [6, 6.07) is 6.91. The highest BCUT2D eigenvalue weighted by Crippen LogP contribution is 2.33. The molecule has 1 aromatic carbocycles. The predicted molar refractivity (Wildman–Crippen MR) is 71.4 cm³/mol. The fourth-order valence-electron chi connectivity index (χ4n) is 1.85. The molecule has 0 aliphatic heterocycles. The van der Waals surface area contributed by atoms with Gasteiger partial charge in [-0.3, -0.25) is 0 Å². The van der Waals surface area contributed by atoms with E-state index in [1.165, 1.54) is 16.5 Å². The summed E-state index contributed by atoms with van der Waals surface area (Å²) in [7, 11) is 1.85. The fraction of sp³-hybridized carbons (Fsp3) is 0.231. The van der Waals surface area contributed by atoms with E-state index in [2.05, 4.69) is 11.4 Å². The Morgan fingerprint density at radius 1 is 1.35 bits per heavy atom. The third-order valence-electron chi connectivity index (χ3n) is 2.75. The van der Waals surface area contributed by atoms with Crippen LogP contribution < -0.4 is 5.32 Å². The molecule has 0 spiro atoms. The summed E-state index contributed by atoms with van der Waals surface area (Å²) < 4.78 is 13.5. The Bertz CT molecular complexity index is 524. The summed E-state index contributed by atoms with van der Waals surface area (Å²) in [6.45, 7) is 2.05. The Kier molecular flexibility index (Phi) is 3.82. The molecule has 0 bridgehead atoms. The molecule has 0 amide bonds. The number of thiophene rings is 1. The molecule has 0 radical (unpaired) electrons. The molecule has 2 rings (SSSR count). The standard InChI is InChI=1S/C13H13ClFNS/c1-8-6-7-17-13(8)12(16-2)9-4-3-5-10(15)11(9)14/h3-7,12,16H,1-2H3. The number of hydrogen-bond donors (Lipinski definition) is 1. The van der Waals surface area contributed by atoms with Crippen molar-refractivity contribution in [3.8, 4) is 0 Å². The first-order chi connectivity index (χ1) is 8.15. The smallest absolute Gasteiger partial charge is 0.142 e. The monoisotopic (exact) mass is 269 g/mol. The minimum Gasteiger partial charge on any atom is -0.309 e. The van der Waals surface area contributed by atoms with Gasteiger partial charge in [-0.1, -0.05) is 23.7 Å². The molecule has 0 aliphatic carbocycles. The quantitative estimate of drug-likeness (QED) is 0.882. The summed E-state index contributed by atoms with van der Waals surface area (Å²) >= 11 is 7.67. The molecular weight excluding hydrogens is 257 g/mol. The highest BCUT2D eigenvalue weighted by atomic mass is 35.5. The van der Waals surface area contributed by atoms with Crippen LogP contribution in [-0.2, 0) is 0 Å². The molecule has 17 heavy (non-hydrogen) atoms. The number of halogens is 2. The maximum atomic E-state index is 13.5. The first-order valence-corrected chi connectivity index (χ1v) is 6.56. The number of hydrogen-bond acceptors (Lipinski definition) is 2. The molecule has 2 aromatic rings. The summed E-state index contributed by atoms with van der Waals surface area (Å²) in [5.41, 5.74) is 1.97. The van der Waals surface area contributed by atoms with Gasteiger partial charge in [0.05, 0.1) is 11.1 Å². The molecule has 90 valence electrons. The van der Waals surface area contributed by atoms with Gasteiger partial charge in [-0.05, 0) is 42.6 Å². The lowest BCUT2D eigenvalue weighted by molar-refractivity contribution is 0.618. The maximum absolute atomic E-state index is 13.5. The van der Waals surface area contributed by atoms with Crippen LogP contribution in [0.25, 0.3) is 0 Å². The third-order valence-corrected chi connectivity index (χ3v) is 4.23. The van der Waals surface area contributed by atoms with Crippen molar-refractivity contribution in [1.82, 2.24) is 5.32 Å². The van der Waals surface area contributed by atoms with Gasteiger partial charge in [0.25, 0.3) is 0 Å². The number of benzene rings is 1. The predicted octanol–water partition coefficient (Wildman–Crippen LogP) is 4.16. The summed E-state index contributed by atoms with van der Waals surface area (Å²) in [6.07, 6.45) is 0. The number of aryl methyl sites for hydroxylation is 1. The molecule has 1 nitrogen and oxygen atoms in total. The van der Waals surface area contributed by atoms with E-state index < -0.39 is 0 Å². The first kappa shape index (κ1) is 12.6. The van der Waals surface area contributed by atoms with Gasteiger partial charge in [0.2, 0.25) is 0 Å². The first-order valence-electron chi connectivity index (χ1n) is 5.30. The van der Waals surface area contributed by atoms with Crippen LogP contribution >= 0.6 is 22.9 Å². The summed E-state index contributed by atoms with van der Waals surface area (Å²) in [5.74, 6) is -0.376. The van der Waals surface area contributed by atoms with Crippen molar-refractivity contribution in [3.63, 3.8) is 0 Å². The molecule has 4 heteroatoms. The highest BCUT2D eigenvalue weighted by Gasteiger charge is 2.19. The van der Waals surface area contributed by atoms with E-state index in [4.69, 9.17) is 11.6 Å². The van der Waals surface area contributed by atoms with E-state index in [0.29, 0.717) is 0 Å². The minimum absolute atomic E-state index is 0.0572. The zero-order valence-corrected chi connectivity index (χ0v) is 11.2. The zero-order chi connectivity index (χ0) is 12.4. The van der Waals surface area contributed by atoms with E-state index in [1.54, 1.807) is 17.4 Å². The van der Waals surface area contributed by atoms with Crippen LogP contribution in [0.4, 0.5) is 4.39 Å². The Labute approximate surface area is 109 Å². The second-order valence-corrected chi connectivity index (χ2v) is 5.16. The van der Waals surface area contributed by atoms with E-state index >= 15 is 0 Å². The normalized spacial score (nSPS) is 12.7. The fourth-order valence-corrected chi connectivity index (χ4v) is 3.14. The van der Waals surface area contributed by atoms with Crippen LogP contribution in [0.1, 0.15) is 22.0 Å². The Balaban J connectivity index is 2.50. The van der Waals surface area contributed by atoms with Gasteiger partial charge >= 0.3 is 0 Å². The summed E-state index contributed by atoms with van der Waals surface area (Å²) in [4.78, 5) is 1.17. The Hall–Kier alpha value is -0.900. The average Bonchev–Trinajstić information content (AvgIpc) is 2.72. The van der Waals surface area contributed by atoms with Crippen molar-refractivity contribution in [1.29, 1.82) is 0 Å². The van der Waals surface area contributed by atoms with Crippen molar-refractivity contribution < 1.29 is 4.39 Å². The molecule has 0 fully saturated rings. The lowest BCUT2D eigenvalue weighted by atomic mass is 10.0. The van der Waals surface area contributed by atoms with Gasteiger partial charge in [-0.15, -0.1) is 11.3 Å². The molecule has 0 saturated heterocycles. The van der Waals surface area contributed by atoms with Crippen LogP contribution in [0.5, 0.6) is 0 Å². The molecule has 0 aliphatic rings. The van der Waals surface area contributed by atoms with Crippen LogP contribution in [-0.4, -0.2) is 7.05 Å². The van der Waals surface area contributed by atoms with Gasteiger partial charge < -0.3 is 5.32 Å². The van der Waals surface area contributed by atoms with Gasteiger partial charge in [0.15, 0.2) is 0 Å². The van der Waals surface area contributed by atoms with E-state index in [9.17, 15) is 4.39 Å². The Morgan fingerprint density at radius 2 is 2.12 bits per heavy atom. The zero-order valence-electron chi connectivity index (χ0n) is 9.63. The van der Waals surface area contributed by atoms with Crippen molar-refractivity contribution >= 4 is 22.9 Å². The van der Waals surface area contributed by atoms with E-state index in [0.717, 1.165) is 5.56 Å². The van der Waals surface area contributed by atoms with E-state index in [-0.39, 0.29) is 16.9 Å². The second-order valence-electron chi connectivity index (χ2n) is 3.83. The van der Waals surface area contributed by atoms with Gasteiger partial charge in [-0.25, -0.2) is 4.39 Å². The molecule has 1 heterocycles. The van der Waals surface area contributed by atoms with Gasteiger partial charge in [0.1, 0.15) is 5.82 Å². The highest BCUT2D eigenvalue weighted by molar-refractivity contribution is 7.10. The van der Waals surface area contributed by atoms with E-state index in [1.807, 2.05) is 25.4 Å². The third kappa shape index (κ3) is 2.37. The maximum Gasteiger partial charge on any atom is 0.142 e. The van der Waals surface area contributed by atoms with Crippen LogP contribution in [0, 0.1) is 12.7 Å². The molecule has 1 atom stereocenters. The summed E-state index contributed by atoms with van der Waals surface area (Å²) in [5, 5.41) is 5.41. The number of nitrogens with one attached hydrogen (secondary N) is 1. The largest absolute Gasteiger partial charge is 0.309 e. The molecule has 1 unspecified atom stereocenters. The van der Waals surface area contributed by atoms with Gasteiger partial charge in [0, 0.05) is 4.88 Å². The number of rotatable bonds is 3. The molecule has 1 N–H and O–H groups in total.